The van der Waals surface area contributed by atoms with E-state index in [1.54, 1.807) is 30.3 Å². The van der Waals surface area contributed by atoms with Crippen molar-refractivity contribution in [2.75, 3.05) is 18.6 Å². The van der Waals surface area contributed by atoms with Crippen LogP contribution in [0.2, 0.25) is 0 Å². The molecule has 1 aromatic heterocycles. The highest BCUT2D eigenvalue weighted by Gasteiger charge is 2.69. The maximum atomic E-state index is 14.7. The zero-order chi connectivity index (χ0) is 23.2. The molecule has 0 bridgehead atoms. The zero-order valence-electron chi connectivity index (χ0n) is 17.5. The minimum absolute atomic E-state index is 0.124. The number of fused-ring (bicyclic) bond motifs is 2. The maximum Gasteiger partial charge on any atom is 0.413 e. The van der Waals surface area contributed by atoms with E-state index < -0.39 is 23.9 Å². The van der Waals surface area contributed by atoms with Gasteiger partial charge in [-0.25, -0.2) is 14.8 Å². The number of carbonyl (C=O) groups is 1. The van der Waals surface area contributed by atoms with Crippen molar-refractivity contribution in [1.82, 2.24) is 14.9 Å². The molecule has 5 rings (SSSR count). The highest BCUT2D eigenvalue weighted by atomic mass is 19.4. The number of hydrogen-bond acceptors (Lipinski definition) is 6. The van der Waals surface area contributed by atoms with Crippen LogP contribution in [0.25, 0.3) is 0 Å². The fourth-order valence-electron chi connectivity index (χ4n) is 4.55. The summed E-state index contributed by atoms with van der Waals surface area (Å²) >= 11 is 0. The average molecular weight is 456 g/mol. The number of aromatic nitrogens is 2. The Hall–Kier alpha value is -3.82. The Morgan fingerprint density at radius 3 is 2.52 bits per heavy atom. The van der Waals surface area contributed by atoms with Crippen molar-refractivity contribution in [3.8, 4) is 5.75 Å². The highest BCUT2D eigenvalue weighted by molar-refractivity contribution is 5.78. The first-order chi connectivity index (χ1) is 15.8. The van der Waals surface area contributed by atoms with Gasteiger partial charge in [0.2, 0.25) is 5.95 Å². The minimum atomic E-state index is -4.77. The molecule has 0 radical (unpaired) electrons. The van der Waals surface area contributed by atoms with Gasteiger partial charge < -0.3 is 9.47 Å². The van der Waals surface area contributed by atoms with Gasteiger partial charge in [-0.1, -0.05) is 30.3 Å². The van der Waals surface area contributed by atoms with Gasteiger partial charge in [0.15, 0.2) is 11.6 Å². The summed E-state index contributed by atoms with van der Waals surface area (Å²) in [5.41, 5.74) is -0.809. The third kappa shape index (κ3) is 3.42. The highest BCUT2D eigenvalue weighted by Crippen LogP contribution is 2.56. The number of anilines is 2. The lowest BCUT2D eigenvalue weighted by molar-refractivity contribution is -0.183. The SMILES string of the molecule is COc1ccc2c(c1)N(c1ncccn1)C(C(F)(F)F)C21CN(Cc2ccccc2)C(=O)O1. The third-order valence-electron chi connectivity index (χ3n) is 5.87. The topological polar surface area (TPSA) is 67.8 Å². The van der Waals surface area contributed by atoms with Crippen LogP contribution in [-0.4, -0.2) is 46.8 Å². The van der Waals surface area contributed by atoms with Crippen LogP contribution in [0.3, 0.4) is 0 Å². The molecule has 0 saturated carbocycles. The molecule has 0 aliphatic carbocycles. The molecule has 10 heteroatoms. The molecule has 2 aromatic carbocycles. The Balaban J connectivity index is 1.65. The van der Waals surface area contributed by atoms with E-state index in [9.17, 15) is 18.0 Å². The number of nitrogens with zero attached hydrogens (tertiary/aromatic N) is 4. The molecule has 2 aliphatic heterocycles. The molecule has 2 aliphatic rings. The Kier molecular flexibility index (Phi) is 4.88. The fraction of sp³-hybridized carbons (Fsp3) is 0.261. The molecule has 0 N–H and O–H groups in total. The van der Waals surface area contributed by atoms with Crippen molar-refractivity contribution >= 4 is 17.7 Å². The van der Waals surface area contributed by atoms with Gasteiger partial charge in [0.05, 0.1) is 19.3 Å². The number of halogens is 3. The van der Waals surface area contributed by atoms with Crippen LogP contribution in [-0.2, 0) is 16.9 Å². The molecule has 1 amide bonds. The maximum absolute atomic E-state index is 14.7. The number of hydrogen-bond donors (Lipinski definition) is 0. The first-order valence-corrected chi connectivity index (χ1v) is 10.2. The van der Waals surface area contributed by atoms with Gasteiger partial charge in [0.25, 0.3) is 0 Å². The van der Waals surface area contributed by atoms with Crippen LogP contribution in [0.4, 0.5) is 29.6 Å². The normalized spacial score (nSPS) is 21.9. The standard InChI is InChI=1S/C23H19F3N4O3/c1-32-16-8-9-17-18(12-16)30(20-27-10-5-11-28-20)19(23(24,25)26)22(17)14-29(21(31)33-22)13-15-6-3-2-4-7-15/h2-12,19H,13-14H2,1H3. The van der Waals surface area contributed by atoms with Crippen LogP contribution in [0.5, 0.6) is 5.75 Å². The summed E-state index contributed by atoms with van der Waals surface area (Å²) in [7, 11) is 1.42. The first-order valence-electron chi connectivity index (χ1n) is 10.2. The second-order valence-corrected chi connectivity index (χ2v) is 7.85. The van der Waals surface area contributed by atoms with Crippen LogP contribution in [0.15, 0.2) is 67.0 Å². The second-order valence-electron chi connectivity index (χ2n) is 7.85. The predicted molar refractivity (Wildman–Crippen MR) is 112 cm³/mol. The van der Waals surface area contributed by atoms with E-state index in [4.69, 9.17) is 9.47 Å². The molecule has 1 saturated heterocycles. The molecule has 2 atom stereocenters. The van der Waals surface area contributed by atoms with Crippen LogP contribution in [0.1, 0.15) is 11.1 Å². The summed E-state index contributed by atoms with van der Waals surface area (Å²) in [5.74, 6) is 0.210. The predicted octanol–water partition coefficient (Wildman–Crippen LogP) is 4.42. The molecular weight excluding hydrogens is 437 g/mol. The third-order valence-corrected chi connectivity index (χ3v) is 5.87. The van der Waals surface area contributed by atoms with Crippen molar-refractivity contribution in [2.45, 2.75) is 24.4 Å². The quantitative estimate of drug-likeness (QED) is 0.579. The molecule has 7 nitrogen and oxygen atoms in total. The summed E-state index contributed by atoms with van der Waals surface area (Å²) in [6.07, 6.45) is -2.86. The summed E-state index contributed by atoms with van der Waals surface area (Å²) in [6.45, 7) is -0.160. The van der Waals surface area contributed by atoms with Gasteiger partial charge in [-0.3, -0.25) is 9.80 Å². The average Bonchev–Trinajstić information content (AvgIpc) is 3.28. The first kappa shape index (κ1) is 21.0. The Bertz CT molecular complexity index is 1180. The van der Waals surface area contributed by atoms with Crippen LogP contribution >= 0.6 is 0 Å². The van der Waals surface area contributed by atoms with Crippen LogP contribution in [0, 0.1) is 0 Å². The zero-order valence-corrected chi connectivity index (χ0v) is 17.5. The lowest BCUT2D eigenvalue weighted by Gasteiger charge is -2.34. The molecule has 1 fully saturated rings. The minimum Gasteiger partial charge on any atom is -0.497 e. The summed E-state index contributed by atoms with van der Waals surface area (Å²) < 4.78 is 54.9. The van der Waals surface area contributed by atoms with Crippen LogP contribution < -0.4 is 9.64 Å². The van der Waals surface area contributed by atoms with E-state index in [1.807, 2.05) is 6.07 Å². The van der Waals surface area contributed by atoms with Gasteiger partial charge in [-0.15, -0.1) is 0 Å². The van der Waals surface area contributed by atoms with Gasteiger partial charge in [0, 0.05) is 30.6 Å². The molecule has 170 valence electrons. The summed E-state index contributed by atoms with van der Waals surface area (Å²) in [5, 5.41) is 0. The Morgan fingerprint density at radius 2 is 1.85 bits per heavy atom. The van der Waals surface area contributed by atoms with Gasteiger partial charge in [-0.05, 0) is 23.8 Å². The number of alkyl halides is 3. The fourth-order valence-corrected chi connectivity index (χ4v) is 4.55. The molecular formula is C23H19F3N4O3. The second kappa shape index (κ2) is 7.65. The van der Waals surface area contributed by atoms with Gasteiger partial charge in [-0.2, -0.15) is 13.2 Å². The molecule has 3 aromatic rings. The molecule has 1 spiro atoms. The number of rotatable bonds is 4. The Labute approximate surface area is 187 Å². The van der Waals surface area contributed by atoms with E-state index in [0.717, 1.165) is 10.5 Å². The number of amides is 1. The molecule has 33 heavy (non-hydrogen) atoms. The monoisotopic (exact) mass is 456 g/mol. The number of benzene rings is 2. The molecule has 2 unspecified atom stereocenters. The van der Waals surface area contributed by atoms with Gasteiger partial charge in [0.1, 0.15) is 5.75 Å². The van der Waals surface area contributed by atoms with E-state index in [0.29, 0.717) is 5.75 Å². The van der Waals surface area contributed by atoms with Gasteiger partial charge >= 0.3 is 12.3 Å². The number of ether oxygens (including phenoxy) is 2. The van der Waals surface area contributed by atoms with Crippen molar-refractivity contribution in [1.29, 1.82) is 0 Å². The lowest BCUT2D eigenvalue weighted by Crippen LogP contribution is -2.54. The lowest BCUT2D eigenvalue weighted by atomic mass is 9.88. The van der Waals surface area contributed by atoms with Crippen molar-refractivity contribution < 1.29 is 27.4 Å². The molecule has 3 heterocycles. The number of methoxy groups -OCH3 is 1. The smallest absolute Gasteiger partial charge is 0.413 e. The largest absolute Gasteiger partial charge is 0.497 e. The summed E-state index contributed by atoms with van der Waals surface area (Å²) in [4.78, 5) is 23.2. The van der Waals surface area contributed by atoms with E-state index >= 15 is 0 Å². The number of carbonyl (C=O) groups excluding carboxylic acids is 1. The van der Waals surface area contributed by atoms with Crippen molar-refractivity contribution in [3.05, 3.63) is 78.1 Å². The van der Waals surface area contributed by atoms with E-state index in [2.05, 4.69) is 9.97 Å². The van der Waals surface area contributed by atoms with E-state index in [1.165, 1.54) is 42.6 Å². The van der Waals surface area contributed by atoms with Crippen molar-refractivity contribution in [3.63, 3.8) is 0 Å². The Morgan fingerprint density at radius 1 is 1.12 bits per heavy atom. The summed E-state index contributed by atoms with van der Waals surface area (Å²) in [6, 6.07) is 12.9. The van der Waals surface area contributed by atoms with Crippen molar-refractivity contribution in [2.24, 2.45) is 0 Å². The van der Waals surface area contributed by atoms with E-state index in [-0.39, 0.29) is 30.3 Å².